The lowest BCUT2D eigenvalue weighted by molar-refractivity contribution is 0.585. The summed E-state index contributed by atoms with van der Waals surface area (Å²) < 4.78 is 14.4. The zero-order chi connectivity index (χ0) is 11.5. The average Bonchev–Trinajstić information content (AvgIpc) is 2.70. The Morgan fingerprint density at radius 2 is 2.31 bits per heavy atom. The fourth-order valence-electron chi connectivity index (χ4n) is 1.35. The molecule has 1 atom stereocenters. The Kier molecular flexibility index (Phi) is 3.52. The summed E-state index contributed by atoms with van der Waals surface area (Å²) in [5.74, 6) is -0.274. The highest BCUT2D eigenvalue weighted by Crippen LogP contribution is 2.34. The Morgan fingerprint density at radius 3 is 2.94 bits per heavy atom. The van der Waals surface area contributed by atoms with E-state index >= 15 is 0 Å². The molecule has 0 fully saturated rings. The molecule has 0 spiro atoms. The number of hydrogen-bond donors (Lipinski definition) is 1. The summed E-state index contributed by atoms with van der Waals surface area (Å²) in [5.41, 5.74) is 7.93. The molecule has 2 N–H and O–H groups in total. The van der Waals surface area contributed by atoms with Gasteiger partial charge in [-0.3, -0.25) is 0 Å². The molecule has 0 radical (unpaired) electrons. The number of rotatable bonds is 3. The number of benzene rings is 1. The van der Waals surface area contributed by atoms with Gasteiger partial charge >= 0.3 is 0 Å². The third-order valence-electron chi connectivity index (χ3n) is 2.01. The van der Waals surface area contributed by atoms with E-state index < -0.39 is 0 Å². The number of halogens is 1. The van der Waals surface area contributed by atoms with Gasteiger partial charge in [0.05, 0.1) is 0 Å². The van der Waals surface area contributed by atoms with Crippen LogP contribution >= 0.6 is 23.1 Å². The SMILES string of the molecule is C[C@H](N)c1c(F)cccc1Sc1nncs1. The standard InChI is InChI=1S/C10H10FN3S2/c1-6(12)9-7(11)3-2-4-8(9)16-10-14-13-5-15-10/h2-6H,12H2,1H3/t6-/m0/s1. The fourth-order valence-corrected chi connectivity index (χ4v) is 3.04. The summed E-state index contributed by atoms with van der Waals surface area (Å²) >= 11 is 2.81. The van der Waals surface area contributed by atoms with Crippen molar-refractivity contribution in [3.63, 3.8) is 0 Å². The average molecular weight is 255 g/mol. The Bertz CT molecular complexity index is 471. The normalized spacial score (nSPS) is 12.7. The Balaban J connectivity index is 2.37. The van der Waals surface area contributed by atoms with Crippen LogP contribution in [0.25, 0.3) is 0 Å². The maximum atomic E-state index is 13.6. The zero-order valence-corrected chi connectivity index (χ0v) is 10.2. The van der Waals surface area contributed by atoms with Crippen LogP contribution in [0.2, 0.25) is 0 Å². The molecule has 84 valence electrons. The molecule has 1 aromatic heterocycles. The smallest absolute Gasteiger partial charge is 0.178 e. The van der Waals surface area contributed by atoms with Crippen molar-refractivity contribution < 1.29 is 4.39 Å². The number of nitrogens with two attached hydrogens (primary N) is 1. The first-order valence-electron chi connectivity index (χ1n) is 4.66. The predicted molar refractivity (Wildman–Crippen MR) is 63.0 cm³/mol. The molecule has 0 bridgehead atoms. The molecule has 0 aliphatic heterocycles. The number of nitrogens with zero attached hydrogens (tertiary/aromatic N) is 2. The van der Waals surface area contributed by atoms with Crippen molar-refractivity contribution >= 4 is 23.1 Å². The van der Waals surface area contributed by atoms with Gasteiger partial charge < -0.3 is 5.73 Å². The molecule has 3 nitrogen and oxygen atoms in total. The second kappa shape index (κ2) is 4.90. The summed E-state index contributed by atoms with van der Waals surface area (Å²) in [4.78, 5) is 0.798. The highest BCUT2D eigenvalue weighted by atomic mass is 32.2. The van der Waals surface area contributed by atoms with Gasteiger partial charge in [-0.05, 0) is 19.1 Å². The molecular formula is C10H10FN3S2. The van der Waals surface area contributed by atoms with E-state index in [1.807, 2.05) is 6.07 Å². The van der Waals surface area contributed by atoms with E-state index in [1.165, 1.54) is 29.2 Å². The van der Waals surface area contributed by atoms with Gasteiger partial charge in [0.2, 0.25) is 0 Å². The molecule has 6 heteroatoms. The van der Waals surface area contributed by atoms with Gasteiger partial charge in [0.15, 0.2) is 4.34 Å². The third kappa shape index (κ3) is 2.40. The predicted octanol–water partition coefficient (Wildman–Crippen LogP) is 2.85. The van der Waals surface area contributed by atoms with Gasteiger partial charge in [-0.25, -0.2) is 4.39 Å². The van der Waals surface area contributed by atoms with Gasteiger partial charge in [0.25, 0.3) is 0 Å². The maximum absolute atomic E-state index is 13.6. The van der Waals surface area contributed by atoms with Gasteiger partial charge in [-0.15, -0.1) is 10.2 Å². The second-order valence-corrected chi connectivity index (χ2v) is 5.37. The molecular weight excluding hydrogens is 245 g/mol. The summed E-state index contributed by atoms with van der Waals surface area (Å²) in [6, 6.07) is 4.60. The quantitative estimate of drug-likeness (QED) is 0.916. The van der Waals surface area contributed by atoms with E-state index in [4.69, 9.17) is 5.73 Å². The summed E-state index contributed by atoms with van der Waals surface area (Å²) in [6.45, 7) is 1.77. The van der Waals surface area contributed by atoms with Crippen molar-refractivity contribution in [2.24, 2.45) is 5.73 Å². The van der Waals surface area contributed by atoms with Crippen LogP contribution < -0.4 is 5.73 Å². The summed E-state index contributed by atoms with van der Waals surface area (Å²) in [5, 5.41) is 7.65. The van der Waals surface area contributed by atoms with Crippen molar-refractivity contribution in [1.82, 2.24) is 10.2 Å². The summed E-state index contributed by atoms with van der Waals surface area (Å²) in [6.07, 6.45) is 0. The minimum Gasteiger partial charge on any atom is -0.324 e. The van der Waals surface area contributed by atoms with E-state index in [0.29, 0.717) is 5.56 Å². The van der Waals surface area contributed by atoms with Crippen molar-refractivity contribution in [3.8, 4) is 0 Å². The van der Waals surface area contributed by atoms with Crippen LogP contribution in [0.15, 0.2) is 32.9 Å². The van der Waals surface area contributed by atoms with E-state index in [9.17, 15) is 4.39 Å². The van der Waals surface area contributed by atoms with E-state index in [1.54, 1.807) is 18.5 Å². The lowest BCUT2D eigenvalue weighted by Crippen LogP contribution is -2.08. The van der Waals surface area contributed by atoms with Gasteiger partial charge in [0, 0.05) is 16.5 Å². The Morgan fingerprint density at radius 1 is 1.50 bits per heavy atom. The Labute approximate surface area is 101 Å². The van der Waals surface area contributed by atoms with Crippen molar-refractivity contribution in [2.45, 2.75) is 22.2 Å². The van der Waals surface area contributed by atoms with Gasteiger partial charge in [-0.2, -0.15) is 0 Å². The van der Waals surface area contributed by atoms with Crippen LogP contribution in [0.1, 0.15) is 18.5 Å². The molecule has 0 saturated heterocycles. The lowest BCUT2D eigenvalue weighted by atomic mass is 10.1. The second-order valence-electron chi connectivity index (χ2n) is 3.25. The number of aromatic nitrogens is 2. The van der Waals surface area contributed by atoms with Gasteiger partial charge in [-0.1, -0.05) is 29.2 Å². The van der Waals surface area contributed by atoms with Crippen molar-refractivity contribution in [3.05, 3.63) is 35.1 Å². The monoisotopic (exact) mass is 255 g/mol. The van der Waals surface area contributed by atoms with Crippen LogP contribution in [-0.2, 0) is 0 Å². The third-order valence-corrected chi connectivity index (χ3v) is 3.86. The molecule has 0 aliphatic rings. The van der Waals surface area contributed by atoms with E-state index in [2.05, 4.69) is 10.2 Å². The molecule has 2 rings (SSSR count). The van der Waals surface area contributed by atoms with Crippen LogP contribution in [0, 0.1) is 5.82 Å². The molecule has 0 unspecified atom stereocenters. The highest BCUT2D eigenvalue weighted by Gasteiger charge is 2.14. The molecule has 0 amide bonds. The van der Waals surface area contributed by atoms with E-state index in [0.717, 1.165) is 9.24 Å². The molecule has 1 aromatic carbocycles. The topological polar surface area (TPSA) is 51.8 Å². The van der Waals surface area contributed by atoms with Crippen LogP contribution in [0.4, 0.5) is 4.39 Å². The lowest BCUT2D eigenvalue weighted by Gasteiger charge is -2.11. The first kappa shape index (κ1) is 11.5. The Hall–Kier alpha value is -0.980. The minimum atomic E-state index is -0.336. The molecule has 0 aliphatic carbocycles. The fraction of sp³-hybridized carbons (Fsp3) is 0.200. The summed E-state index contributed by atoms with van der Waals surface area (Å²) in [7, 11) is 0. The molecule has 2 aromatic rings. The van der Waals surface area contributed by atoms with Crippen LogP contribution in [-0.4, -0.2) is 10.2 Å². The van der Waals surface area contributed by atoms with Gasteiger partial charge in [0.1, 0.15) is 11.3 Å². The maximum Gasteiger partial charge on any atom is 0.178 e. The van der Waals surface area contributed by atoms with Crippen LogP contribution in [0.5, 0.6) is 0 Å². The van der Waals surface area contributed by atoms with Crippen molar-refractivity contribution in [2.75, 3.05) is 0 Å². The van der Waals surface area contributed by atoms with E-state index in [-0.39, 0.29) is 11.9 Å². The molecule has 16 heavy (non-hydrogen) atoms. The zero-order valence-electron chi connectivity index (χ0n) is 8.55. The highest BCUT2D eigenvalue weighted by molar-refractivity contribution is 8.01. The first-order chi connectivity index (χ1) is 7.68. The molecule has 0 saturated carbocycles. The largest absolute Gasteiger partial charge is 0.324 e. The molecule has 1 heterocycles. The van der Waals surface area contributed by atoms with Crippen molar-refractivity contribution in [1.29, 1.82) is 0 Å². The van der Waals surface area contributed by atoms with Crippen LogP contribution in [0.3, 0.4) is 0 Å². The minimum absolute atomic E-state index is 0.274. The number of hydrogen-bond acceptors (Lipinski definition) is 5. The first-order valence-corrected chi connectivity index (χ1v) is 6.36.